The van der Waals surface area contributed by atoms with Gasteiger partial charge < -0.3 is 14.8 Å². The first kappa shape index (κ1) is 15.8. The van der Waals surface area contributed by atoms with Crippen LogP contribution in [0.2, 0.25) is 0 Å². The minimum Gasteiger partial charge on any atom is -0.496 e. The number of nitrogens with one attached hydrogen (secondary N) is 1. The summed E-state index contributed by atoms with van der Waals surface area (Å²) >= 11 is 0. The highest BCUT2D eigenvalue weighted by Crippen LogP contribution is 2.35. The summed E-state index contributed by atoms with van der Waals surface area (Å²) in [7, 11) is 3.29. The van der Waals surface area contributed by atoms with Crippen molar-refractivity contribution in [3.05, 3.63) is 36.4 Å². The Hall–Kier alpha value is -2.07. The number of hydrogen-bond donors (Lipinski definition) is 1. The number of carbonyl (C=O) groups excluding carboxylic acids is 1. The van der Waals surface area contributed by atoms with E-state index in [1.807, 2.05) is 36.4 Å². The summed E-state index contributed by atoms with van der Waals surface area (Å²) in [5, 5.41) is 5.04. The van der Waals surface area contributed by atoms with Crippen LogP contribution < -0.4 is 10.1 Å². The molecule has 4 heteroatoms. The van der Waals surface area contributed by atoms with Crippen LogP contribution in [0, 0.1) is 0 Å². The summed E-state index contributed by atoms with van der Waals surface area (Å²) in [6.07, 6.45) is 4.80. The van der Waals surface area contributed by atoms with Gasteiger partial charge in [0.2, 0.25) is 0 Å². The van der Waals surface area contributed by atoms with Crippen molar-refractivity contribution < 1.29 is 14.3 Å². The Morgan fingerprint density at radius 2 is 1.70 bits per heavy atom. The zero-order valence-electron chi connectivity index (χ0n) is 13.7. The smallest absolute Gasteiger partial charge is 0.256 e. The fourth-order valence-electron chi connectivity index (χ4n) is 3.44. The zero-order chi connectivity index (χ0) is 16.3. The summed E-state index contributed by atoms with van der Waals surface area (Å²) < 4.78 is 11.0. The van der Waals surface area contributed by atoms with E-state index in [0.29, 0.717) is 0 Å². The topological polar surface area (TPSA) is 47.6 Å². The van der Waals surface area contributed by atoms with Crippen molar-refractivity contribution in [1.82, 2.24) is 0 Å². The van der Waals surface area contributed by atoms with Gasteiger partial charge in [-0.3, -0.25) is 4.79 Å². The molecule has 23 heavy (non-hydrogen) atoms. The van der Waals surface area contributed by atoms with Crippen LogP contribution in [0.5, 0.6) is 5.75 Å². The molecular formula is C19H23NO3. The lowest BCUT2D eigenvalue weighted by Crippen LogP contribution is -2.46. The first-order chi connectivity index (χ1) is 11.2. The van der Waals surface area contributed by atoms with E-state index in [2.05, 4.69) is 5.32 Å². The molecule has 1 aliphatic rings. The van der Waals surface area contributed by atoms with Crippen molar-refractivity contribution in [2.45, 2.75) is 37.7 Å². The van der Waals surface area contributed by atoms with Crippen LogP contribution in [-0.2, 0) is 9.53 Å². The van der Waals surface area contributed by atoms with Crippen molar-refractivity contribution in [2.24, 2.45) is 0 Å². The fourth-order valence-corrected chi connectivity index (χ4v) is 3.44. The molecular weight excluding hydrogens is 290 g/mol. The number of carbonyl (C=O) groups is 1. The molecule has 2 aromatic carbocycles. The minimum absolute atomic E-state index is 0.0463. The van der Waals surface area contributed by atoms with Gasteiger partial charge in [-0.15, -0.1) is 0 Å². The van der Waals surface area contributed by atoms with Crippen LogP contribution in [0.4, 0.5) is 5.69 Å². The molecule has 122 valence electrons. The van der Waals surface area contributed by atoms with E-state index in [1.165, 1.54) is 6.42 Å². The van der Waals surface area contributed by atoms with Crippen LogP contribution >= 0.6 is 0 Å². The van der Waals surface area contributed by atoms with E-state index < -0.39 is 5.60 Å². The Morgan fingerprint density at radius 1 is 1.00 bits per heavy atom. The average molecular weight is 313 g/mol. The molecule has 0 radical (unpaired) electrons. The first-order valence-corrected chi connectivity index (χ1v) is 8.12. The molecule has 0 unspecified atom stereocenters. The molecule has 1 saturated carbocycles. The predicted molar refractivity (Wildman–Crippen MR) is 92.0 cm³/mol. The van der Waals surface area contributed by atoms with Crippen molar-refractivity contribution in [3.8, 4) is 5.75 Å². The Kier molecular flexibility index (Phi) is 4.53. The number of amides is 1. The molecule has 1 amide bonds. The second-order valence-electron chi connectivity index (χ2n) is 6.07. The number of hydrogen-bond acceptors (Lipinski definition) is 3. The summed E-state index contributed by atoms with van der Waals surface area (Å²) in [4.78, 5) is 12.9. The monoisotopic (exact) mass is 313 g/mol. The summed E-state index contributed by atoms with van der Waals surface area (Å²) in [5.74, 6) is 0.757. The average Bonchev–Trinajstić information content (AvgIpc) is 2.62. The van der Waals surface area contributed by atoms with Crippen molar-refractivity contribution in [2.75, 3.05) is 19.5 Å². The summed E-state index contributed by atoms with van der Waals surface area (Å²) in [5.41, 5.74) is 0.104. The lowest BCUT2D eigenvalue weighted by Gasteiger charge is -2.34. The standard InChI is InChI=1S/C19H23NO3/c1-22-17-11-10-16(14-8-4-5-9-15(14)17)20-18(21)19(23-2)12-6-3-7-13-19/h4-5,8-11H,3,6-7,12-13H2,1-2H3,(H,20,21). The highest BCUT2D eigenvalue weighted by Gasteiger charge is 2.39. The van der Waals surface area contributed by atoms with Crippen molar-refractivity contribution in [1.29, 1.82) is 0 Å². The van der Waals surface area contributed by atoms with Crippen LogP contribution in [0.15, 0.2) is 36.4 Å². The number of benzene rings is 2. The molecule has 1 N–H and O–H groups in total. The highest BCUT2D eigenvalue weighted by atomic mass is 16.5. The molecule has 1 aliphatic carbocycles. The Morgan fingerprint density at radius 3 is 2.35 bits per heavy atom. The molecule has 4 nitrogen and oxygen atoms in total. The molecule has 0 aliphatic heterocycles. The highest BCUT2D eigenvalue weighted by molar-refractivity contribution is 6.06. The molecule has 3 rings (SSSR count). The van der Waals surface area contributed by atoms with E-state index in [4.69, 9.17) is 9.47 Å². The first-order valence-electron chi connectivity index (χ1n) is 8.12. The van der Waals surface area contributed by atoms with Crippen LogP contribution in [0.1, 0.15) is 32.1 Å². The van der Waals surface area contributed by atoms with E-state index in [-0.39, 0.29) is 5.91 Å². The van der Waals surface area contributed by atoms with Crippen molar-refractivity contribution in [3.63, 3.8) is 0 Å². The van der Waals surface area contributed by atoms with Gasteiger partial charge in [-0.2, -0.15) is 0 Å². The van der Waals surface area contributed by atoms with Crippen LogP contribution in [-0.4, -0.2) is 25.7 Å². The van der Waals surface area contributed by atoms with Gasteiger partial charge in [0, 0.05) is 23.6 Å². The van der Waals surface area contributed by atoms with E-state index in [1.54, 1.807) is 14.2 Å². The maximum atomic E-state index is 12.9. The van der Waals surface area contributed by atoms with Crippen LogP contribution in [0.25, 0.3) is 10.8 Å². The van der Waals surface area contributed by atoms with Gasteiger partial charge >= 0.3 is 0 Å². The predicted octanol–water partition coefficient (Wildman–Crippen LogP) is 4.14. The summed E-state index contributed by atoms with van der Waals surface area (Å²) in [6.45, 7) is 0. The number of fused-ring (bicyclic) bond motifs is 1. The Labute approximate surface area is 136 Å². The van der Waals surface area contributed by atoms with E-state index in [9.17, 15) is 4.79 Å². The molecule has 1 fully saturated rings. The SMILES string of the molecule is COc1ccc(NC(=O)C2(OC)CCCCC2)c2ccccc12. The Bertz CT molecular complexity index is 705. The van der Waals surface area contributed by atoms with Gasteiger partial charge in [0.25, 0.3) is 5.91 Å². The second-order valence-corrected chi connectivity index (χ2v) is 6.07. The molecule has 0 heterocycles. The lowest BCUT2D eigenvalue weighted by molar-refractivity contribution is -0.141. The van der Waals surface area contributed by atoms with Gasteiger partial charge in [-0.05, 0) is 25.0 Å². The molecule has 0 bridgehead atoms. The summed E-state index contributed by atoms with van der Waals surface area (Å²) in [6, 6.07) is 11.7. The quantitative estimate of drug-likeness (QED) is 0.923. The van der Waals surface area contributed by atoms with Gasteiger partial charge in [-0.1, -0.05) is 43.5 Å². The lowest BCUT2D eigenvalue weighted by atomic mass is 9.83. The minimum atomic E-state index is -0.695. The van der Waals surface area contributed by atoms with Gasteiger partial charge in [0.05, 0.1) is 7.11 Å². The number of rotatable bonds is 4. The second kappa shape index (κ2) is 6.59. The molecule has 0 atom stereocenters. The molecule has 0 saturated heterocycles. The maximum absolute atomic E-state index is 12.9. The van der Waals surface area contributed by atoms with Gasteiger partial charge in [0.15, 0.2) is 0 Å². The normalized spacial score (nSPS) is 17.0. The maximum Gasteiger partial charge on any atom is 0.256 e. The van der Waals surface area contributed by atoms with Gasteiger partial charge in [-0.25, -0.2) is 0 Å². The van der Waals surface area contributed by atoms with Crippen molar-refractivity contribution >= 4 is 22.4 Å². The molecule has 2 aromatic rings. The number of methoxy groups -OCH3 is 2. The fraction of sp³-hybridized carbons (Fsp3) is 0.421. The number of anilines is 1. The third-order valence-electron chi connectivity index (χ3n) is 4.82. The Balaban J connectivity index is 1.93. The third-order valence-corrected chi connectivity index (χ3v) is 4.82. The van der Waals surface area contributed by atoms with Crippen LogP contribution in [0.3, 0.4) is 0 Å². The van der Waals surface area contributed by atoms with E-state index in [0.717, 1.165) is 47.9 Å². The van der Waals surface area contributed by atoms with E-state index >= 15 is 0 Å². The molecule has 0 spiro atoms. The third kappa shape index (κ3) is 2.91. The number of ether oxygens (including phenoxy) is 2. The van der Waals surface area contributed by atoms with Gasteiger partial charge in [0.1, 0.15) is 11.4 Å². The molecule has 0 aromatic heterocycles. The largest absolute Gasteiger partial charge is 0.496 e. The zero-order valence-corrected chi connectivity index (χ0v) is 13.7.